The van der Waals surface area contributed by atoms with Gasteiger partial charge in [0.2, 0.25) is 0 Å². The minimum atomic E-state index is -0.266. The molecular weight excluding hydrogens is 311 g/mol. The van der Waals surface area contributed by atoms with Crippen molar-refractivity contribution < 1.29 is 18.3 Å². The van der Waals surface area contributed by atoms with Crippen LogP contribution in [0.3, 0.4) is 0 Å². The highest BCUT2D eigenvalue weighted by Crippen LogP contribution is 2.34. The minimum absolute atomic E-state index is 0.202. The molecule has 0 spiro atoms. The van der Waals surface area contributed by atoms with Crippen molar-refractivity contribution in [2.45, 2.75) is 24.8 Å². The Kier molecular flexibility index (Phi) is 4.97. The lowest BCUT2D eigenvalue weighted by molar-refractivity contribution is 0.0487. The molecule has 0 atom stereocenters. The molecule has 2 aromatic rings. The molecule has 0 bridgehead atoms. The van der Waals surface area contributed by atoms with Gasteiger partial charge in [0.25, 0.3) is 5.91 Å². The maximum Gasteiger partial charge on any atom is 0.254 e. The molecule has 0 saturated carbocycles. The maximum atomic E-state index is 13.2. The van der Waals surface area contributed by atoms with Crippen molar-refractivity contribution >= 4 is 5.91 Å². The van der Waals surface area contributed by atoms with Gasteiger partial charge < -0.3 is 20.2 Å². The Morgan fingerprint density at radius 2 is 1.96 bits per heavy atom. The van der Waals surface area contributed by atoms with E-state index in [0.717, 1.165) is 18.4 Å². The van der Waals surface area contributed by atoms with E-state index in [1.54, 1.807) is 18.2 Å². The SMILES string of the molecule is NCc1cc(C(=O)NCC2(c3ccc(F)cc3)CCOCC2)co1. The van der Waals surface area contributed by atoms with Gasteiger partial charge in [-0.2, -0.15) is 0 Å². The summed E-state index contributed by atoms with van der Waals surface area (Å²) in [5, 5.41) is 2.97. The van der Waals surface area contributed by atoms with Gasteiger partial charge in [-0.15, -0.1) is 0 Å². The van der Waals surface area contributed by atoms with Gasteiger partial charge >= 0.3 is 0 Å². The van der Waals surface area contributed by atoms with Gasteiger partial charge in [-0.3, -0.25) is 4.79 Å². The molecule has 3 rings (SSSR count). The van der Waals surface area contributed by atoms with E-state index in [1.165, 1.54) is 18.4 Å². The summed E-state index contributed by atoms with van der Waals surface area (Å²) in [4.78, 5) is 12.3. The largest absolute Gasteiger partial charge is 0.467 e. The van der Waals surface area contributed by atoms with Crippen LogP contribution in [-0.4, -0.2) is 25.7 Å². The number of benzene rings is 1. The second kappa shape index (κ2) is 7.15. The van der Waals surface area contributed by atoms with E-state index >= 15 is 0 Å². The number of carbonyl (C=O) groups is 1. The van der Waals surface area contributed by atoms with Gasteiger partial charge in [0.15, 0.2) is 0 Å². The van der Waals surface area contributed by atoms with Crippen molar-refractivity contribution in [3.63, 3.8) is 0 Å². The van der Waals surface area contributed by atoms with Crippen LogP contribution in [0.4, 0.5) is 4.39 Å². The summed E-state index contributed by atoms with van der Waals surface area (Å²) in [5.74, 6) is 0.101. The van der Waals surface area contributed by atoms with Crippen LogP contribution >= 0.6 is 0 Å². The Hall–Kier alpha value is -2.18. The molecule has 0 unspecified atom stereocenters. The first-order valence-electron chi connectivity index (χ1n) is 8.02. The Morgan fingerprint density at radius 3 is 2.58 bits per heavy atom. The summed E-state index contributed by atoms with van der Waals surface area (Å²) in [6.07, 6.45) is 2.96. The zero-order valence-electron chi connectivity index (χ0n) is 13.4. The van der Waals surface area contributed by atoms with Gasteiger partial charge in [-0.1, -0.05) is 12.1 Å². The lowest BCUT2D eigenvalue weighted by Gasteiger charge is -2.38. The van der Waals surface area contributed by atoms with E-state index in [0.29, 0.717) is 31.1 Å². The number of carbonyl (C=O) groups excluding carboxylic acids is 1. The molecule has 128 valence electrons. The van der Waals surface area contributed by atoms with E-state index in [4.69, 9.17) is 14.9 Å². The Morgan fingerprint density at radius 1 is 1.25 bits per heavy atom. The molecule has 1 aliphatic rings. The highest BCUT2D eigenvalue weighted by molar-refractivity contribution is 5.94. The highest BCUT2D eigenvalue weighted by atomic mass is 19.1. The predicted octanol–water partition coefficient (Wildman–Crippen LogP) is 2.36. The number of amides is 1. The lowest BCUT2D eigenvalue weighted by atomic mass is 9.74. The first kappa shape index (κ1) is 16.7. The van der Waals surface area contributed by atoms with Crippen molar-refractivity contribution in [3.8, 4) is 0 Å². The molecular formula is C18H21FN2O3. The van der Waals surface area contributed by atoms with Gasteiger partial charge in [0.05, 0.1) is 12.1 Å². The van der Waals surface area contributed by atoms with Crippen LogP contribution in [0.1, 0.15) is 34.5 Å². The van der Waals surface area contributed by atoms with E-state index in [2.05, 4.69) is 5.32 Å². The fourth-order valence-electron chi connectivity index (χ4n) is 3.09. The second-order valence-electron chi connectivity index (χ2n) is 6.09. The molecule has 3 N–H and O–H groups in total. The van der Waals surface area contributed by atoms with Gasteiger partial charge in [-0.25, -0.2) is 4.39 Å². The first-order valence-corrected chi connectivity index (χ1v) is 8.02. The van der Waals surface area contributed by atoms with Crippen molar-refractivity contribution in [2.75, 3.05) is 19.8 Å². The monoisotopic (exact) mass is 332 g/mol. The fraction of sp³-hybridized carbons (Fsp3) is 0.389. The normalized spacial score (nSPS) is 16.8. The standard InChI is InChI=1S/C18H21FN2O3/c19-15-3-1-14(2-4-15)18(5-7-23-8-6-18)12-21-17(22)13-9-16(10-20)24-11-13/h1-4,9,11H,5-8,10,12,20H2,(H,21,22). The molecule has 1 amide bonds. The molecule has 24 heavy (non-hydrogen) atoms. The Labute approximate surface area is 140 Å². The third-order valence-electron chi connectivity index (χ3n) is 4.61. The van der Waals surface area contributed by atoms with Gasteiger partial charge in [-0.05, 0) is 36.6 Å². The number of hydrogen-bond acceptors (Lipinski definition) is 4. The van der Waals surface area contributed by atoms with Crippen LogP contribution in [0, 0.1) is 5.82 Å². The van der Waals surface area contributed by atoms with E-state index in [1.807, 2.05) is 0 Å². The van der Waals surface area contributed by atoms with Crippen LogP contribution in [0.2, 0.25) is 0 Å². The number of hydrogen-bond donors (Lipinski definition) is 2. The van der Waals surface area contributed by atoms with Crippen molar-refractivity contribution in [2.24, 2.45) is 5.73 Å². The third-order valence-corrected chi connectivity index (χ3v) is 4.61. The summed E-state index contributed by atoms with van der Waals surface area (Å²) in [6.45, 7) is 1.96. The number of nitrogens with two attached hydrogens (primary N) is 1. The summed E-state index contributed by atoms with van der Waals surface area (Å²) >= 11 is 0. The molecule has 6 heteroatoms. The van der Waals surface area contributed by atoms with Crippen molar-refractivity contribution in [3.05, 3.63) is 59.3 Å². The maximum absolute atomic E-state index is 13.2. The van der Waals surface area contributed by atoms with Gasteiger partial charge in [0, 0.05) is 25.2 Å². The zero-order chi connectivity index (χ0) is 17.0. The highest BCUT2D eigenvalue weighted by Gasteiger charge is 2.35. The van der Waals surface area contributed by atoms with E-state index in [9.17, 15) is 9.18 Å². The number of rotatable bonds is 5. The summed E-state index contributed by atoms with van der Waals surface area (Å²) < 4.78 is 23.9. The Bertz CT molecular complexity index is 691. The molecule has 1 aromatic carbocycles. The zero-order valence-corrected chi connectivity index (χ0v) is 13.4. The number of halogens is 1. The second-order valence-corrected chi connectivity index (χ2v) is 6.09. The molecule has 1 saturated heterocycles. The van der Waals surface area contributed by atoms with E-state index in [-0.39, 0.29) is 23.7 Å². The fourth-order valence-corrected chi connectivity index (χ4v) is 3.09. The van der Waals surface area contributed by atoms with Crippen molar-refractivity contribution in [1.29, 1.82) is 0 Å². The number of furan rings is 1. The average Bonchev–Trinajstić information content (AvgIpc) is 3.10. The minimum Gasteiger partial charge on any atom is -0.467 e. The smallest absolute Gasteiger partial charge is 0.254 e. The molecule has 2 heterocycles. The van der Waals surface area contributed by atoms with Crippen LogP contribution < -0.4 is 11.1 Å². The van der Waals surface area contributed by atoms with Crippen molar-refractivity contribution in [1.82, 2.24) is 5.32 Å². The van der Waals surface area contributed by atoms with Crippen LogP contribution in [0.15, 0.2) is 41.0 Å². The average molecular weight is 332 g/mol. The molecule has 5 nitrogen and oxygen atoms in total. The summed E-state index contributed by atoms with van der Waals surface area (Å²) in [5.41, 5.74) is 6.72. The summed E-state index contributed by atoms with van der Waals surface area (Å²) in [6, 6.07) is 8.13. The summed E-state index contributed by atoms with van der Waals surface area (Å²) in [7, 11) is 0. The third kappa shape index (κ3) is 3.49. The van der Waals surface area contributed by atoms with Crippen LogP contribution in [0.5, 0.6) is 0 Å². The van der Waals surface area contributed by atoms with E-state index < -0.39 is 0 Å². The quantitative estimate of drug-likeness (QED) is 0.881. The van der Waals surface area contributed by atoms with Crippen LogP contribution in [0.25, 0.3) is 0 Å². The molecule has 1 aromatic heterocycles. The topological polar surface area (TPSA) is 77.5 Å². The van der Waals surface area contributed by atoms with Gasteiger partial charge in [0.1, 0.15) is 17.8 Å². The molecule has 0 aliphatic carbocycles. The molecule has 0 radical (unpaired) electrons. The predicted molar refractivity (Wildman–Crippen MR) is 87.1 cm³/mol. The number of ether oxygens (including phenoxy) is 1. The first-order chi connectivity index (χ1) is 11.6. The lowest BCUT2D eigenvalue weighted by Crippen LogP contribution is -2.44. The number of nitrogens with one attached hydrogen (secondary N) is 1. The molecule has 1 fully saturated rings. The molecule has 1 aliphatic heterocycles. The van der Waals surface area contributed by atoms with Crippen LogP contribution in [-0.2, 0) is 16.7 Å². The Balaban J connectivity index is 1.75.